The summed E-state index contributed by atoms with van der Waals surface area (Å²) in [6, 6.07) is 5.96. The van der Waals surface area contributed by atoms with Crippen LogP contribution in [-0.2, 0) is 11.3 Å². The molecule has 3 aromatic rings. The van der Waals surface area contributed by atoms with E-state index < -0.39 is 17.5 Å². The van der Waals surface area contributed by atoms with Gasteiger partial charge in [-0.2, -0.15) is 0 Å². The van der Waals surface area contributed by atoms with E-state index in [0.29, 0.717) is 5.69 Å². The van der Waals surface area contributed by atoms with Gasteiger partial charge in [-0.1, -0.05) is 5.21 Å². The number of carbonyl (C=O) groups excluding carboxylic acids is 1. The normalized spacial score (nSPS) is 13.6. The Kier molecular flexibility index (Phi) is 6.96. The van der Waals surface area contributed by atoms with Gasteiger partial charge in [0.25, 0.3) is 11.1 Å². The molecule has 2 aromatic carbocycles. The predicted molar refractivity (Wildman–Crippen MR) is 126 cm³/mol. The number of nitrogens with zero attached hydrogens (tertiary/aromatic N) is 5. The third-order valence-corrected chi connectivity index (χ3v) is 5.75. The molecular formula is C22H22F2N6O4S. The highest BCUT2D eigenvalue weighted by Crippen LogP contribution is 2.28. The van der Waals surface area contributed by atoms with E-state index >= 15 is 0 Å². The molecule has 1 aromatic heterocycles. The molecule has 0 aliphatic carbocycles. The third kappa shape index (κ3) is 5.40. The van der Waals surface area contributed by atoms with Crippen molar-refractivity contribution in [3.8, 4) is 17.2 Å². The van der Waals surface area contributed by atoms with Crippen molar-refractivity contribution >= 4 is 29.0 Å². The van der Waals surface area contributed by atoms with Crippen molar-refractivity contribution < 1.29 is 28.5 Å². The summed E-state index contributed by atoms with van der Waals surface area (Å²) in [5.41, 5.74) is 0.594. The molecule has 10 nitrogen and oxygen atoms in total. The first-order chi connectivity index (χ1) is 16.7. The molecule has 184 valence electrons. The summed E-state index contributed by atoms with van der Waals surface area (Å²) in [4.78, 5) is 15.7. The molecule has 1 saturated heterocycles. The smallest absolute Gasteiger partial charge is 0.256 e. The molecule has 4 rings (SSSR count). The molecule has 0 atom stereocenters. The highest BCUT2D eigenvalue weighted by atomic mass is 32.1. The lowest BCUT2D eigenvalue weighted by atomic mass is 10.1. The summed E-state index contributed by atoms with van der Waals surface area (Å²) in [5, 5.41) is 30.1. The van der Waals surface area contributed by atoms with Crippen LogP contribution in [0.2, 0.25) is 0 Å². The van der Waals surface area contributed by atoms with Crippen molar-refractivity contribution in [3.63, 3.8) is 0 Å². The average Bonchev–Trinajstić information content (AvgIpc) is 3.30. The first-order valence-corrected chi connectivity index (χ1v) is 11.0. The van der Waals surface area contributed by atoms with Gasteiger partial charge >= 0.3 is 0 Å². The van der Waals surface area contributed by atoms with Gasteiger partial charge in [-0.15, -0.1) is 5.10 Å². The molecule has 1 aliphatic heterocycles. The van der Waals surface area contributed by atoms with E-state index in [1.807, 2.05) is 0 Å². The number of aromatic hydroxyl groups is 2. The van der Waals surface area contributed by atoms with Gasteiger partial charge < -0.3 is 30.1 Å². The van der Waals surface area contributed by atoms with Gasteiger partial charge in [0.1, 0.15) is 22.9 Å². The quantitative estimate of drug-likeness (QED) is 0.448. The number of ether oxygens (including phenoxy) is 1. The third-order valence-electron chi connectivity index (χ3n) is 5.44. The van der Waals surface area contributed by atoms with Crippen LogP contribution in [0.5, 0.6) is 11.5 Å². The number of carbonyl (C=O) groups is 1. The molecular weight excluding hydrogens is 482 g/mol. The van der Waals surface area contributed by atoms with Crippen molar-refractivity contribution in [2.75, 3.05) is 38.2 Å². The van der Waals surface area contributed by atoms with Crippen molar-refractivity contribution in [2.24, 2.45) is 0 Å². The number of anilines is 1. The van der Waals surface area contributed by atoms with E-state index in [1.54, 1.807) is 0 Å². The van der Waals surface area contributed by atoms with Crippen LogP contribution in [-0.4, -0.2) is 74.5 Å². The van der Waals surface area contributed by atoms with Gasteiger partial charge in [0.05, 0.1) is 25.5 Å². The molecule has 1 fully saturated rings. The lowest BCUT2D eigenvalue weighted by Crippen LogP contribution is -2.49. The zero-order chi connectivity index (χ0) is 25.1. The Hall–Kier alpha value is -4.00. The Labute approximate surface area is 204 Å². The molecule has 13 heteroatoms. The van der Waals surface area contributed by atoms with Crippen LogP contribution in [0.15, 0.2) is 36.5 Å². The van der Waals surface area contributed by atoms with Crippen LogP contribution < -0.4 is 10.2 Å². The zero-order valence-electron chi connectivity index (χ0n) is 18.6. The van der Waals surface area contributed by atoms with Crippen LogP contribution in [0.4, 0.5) is 14.5 Å². The highest BCUT2D eigenvalue weighted by Gasteiger charge is 2.26. The Bertz CT molecular complexity index is 1220. The molecule has 1 amide bonds. The molecule has 35 heavy (non-hydrogen) atoms. The maximum absolute atomic E-state index is 15.0. The average molecular weight is 505 g/mol. The summed E-state index contributed by atoms with van der Waals surface area (Å²) < 4.78 is 36.0. The van der Waals surface area contributed by atoms with E-state index in [2.05, 4.69) is 15.6 Å². The van der Waals surface area contributed by atoms with Gasteiger partial charge in [0.15, 0.2) is 11.6 Å². The number of amides is 1. The number of phenolic OH excluding ortho intramolecular Hbond substituents is 2. The Morgan fingerprint density at radius 1 is 1.09 bits per heavy atom. The molecule has 3 N–H and O–H groups in total. The summed E-state index contributed by atoms with van der Waals surface area (Å²) in [7, 11) is 1.43. The van der Waals surface area contributed by atoms with Crippen molar-refractivity contribution in [3.05, 3.63) is 59.4 Å². The Morgan fingerprint density at radius 2 is 1.71 bits per heavy atom. The number of thiocarbonyl (C=S) groups is 1. The van der Waals surface area contributed by atoms with E-state index in [9.17, 15) is 23.8 Å². The van der Waals surface area contributed by atoms with Crippen molar-refractivity contribution in [1.29, 1.82) is 0 Å². The zero-order valence-corrected chi connectivity index (χ0v) is 19.4. The van der Waals surface area contributed by atoms with Crippen LogP contribution in [0.3, 0.4) is 0 Å². The number of piperazine rings is 1. The van der Waals surface area contributed by atoms with E-state index in [0.717, 1.165) is 18.2 Å². The van der Waals surface area contributed by atoms with Gasteiger partial charge in [-0.05, 0) is 24.4 Å². The van der Waals surface area contributed by atoms with Gasteiger partial charge in [0.2, 0.25) is 0 Å². The van der Waals surface area contributed by atoms with Crippen molar-refractivity contribution in [1.82, 2.24) is 25.2 Å². The number of methoxy groups -OCH3 is 1. The standard InChI is InChI=1S/C22H22F2N6O4S/c1-34-22(35)25-11-14-12-30(27-26-14)15-8-18(23)20(19(24)9-15)28-2-4-29(5-3-28)21(33)13-6-16(31)10-17(32)7-13/h6-10,12,31-32H,2-5,11H2,1H3,(H,25,35). The number of benzene rings is 2. The molecule has 1 aliphatic rings. The van der Waals surface area contributed by atoms with Gasteiger partial charge in [0, 0.05) is 49.9 Å². The lowest BCUT2D eigenvalue weighted by Gasteiger charge is -2.36. The lowest BCUT2D eigenvalue weighted by molar-refractivity contribution is 0.0745. The topological polar surface area (TPSA) is 116 Å². The molecule has 0 bridgehead atoms. The number of hydrogen-bond acceptors (Lipinski definition) is 8. The second-order valence-electron chi connectivity index (χ2n) is 7.77. The Morgan fingerprint density at radius 3 is 2.31 bits per heavy atom. The van der Waals surface area contributed by atoms with Crippen LogP contribution in [0.25, 0.3) is 5.69 Å². The molecule has 2 heterocycles. The molecule has 0 unspecified atom stereocenters. The second kappa shape index (κ2) is 10.1. The first kappa shape index (κ1) is 24.1. The van der Waals surface area contributed by atoms with Crippen molar-refractivity contribution in [2.45, 2.75) is 6.54 Å². The van der Waals surface area contributed by atoms with E-state index in [1.165, 1.54) is 39.9 Å². The fourth-order valence-corrected chi connectivity index (χ4v) is 3.83. The van der Waals surface area contributed by atoms with Crippen LogP contribution in [0.1, 0.15) is 16.1 Å². The minimum Gasteiger partial charge on any atom is -0.508 e. The van der Waals surface area contributed by atoms with E-state index in [4.69, 9.17) is 17.0 Å². The fourth-order valence-electron chi connectivity index (χ4n) is 3.76. The predicted octanol–water partition coefficient (Wildman–Crippen LogP) is 1.94. The summed E-state index contributed by atoms with van der Waals surface area (Å²) in [5.74, 6) is -2.40. The largest absolute Gasteiger partial charge is 0.508 e. The highest BCUT2D eigenvalue weighted by molar-refractivity contribution is 7.80. The SMILES string of the molecule is COC(=S)NCc1cn(-c2cc(F)c(N3CCN(C(=O)c4cc(O)cc(O)c4)CC3)c(F)c2)nn1. The van der Waals surface area contributed by atoms with Gasteiger partial charge in [-0.25, -0.2) is 13.5 Å². The second-order valence-corrected chi connectivity index (χ2v) is 8.15. The fraction of sp³-hybridized carbons (Fsp3) is 0.273. The van der Waals surface area contributed by atoms with Gasteiger partial charge in [-0.3, -0.25) is 4.79 Å². The molecule has 0 spiro atoms. The summed E-state index contributed by atoms with van der Waals surface area (Å²) >= 11 is 4.89. The maximum atomic E-state index is 15.0. The number of hydrogen-bond donors (Lipinski definition) is 3. The summed E-state index contributed by atoms with van der Waals surface area (Å²) in [6.07, 6.45) is 1.52. The Balaban J connectivity index is 1.44. The number of aromatic nitrogens is 3. The molecule has 0 radical (unpaired) electrons. The number of phenols is 2. The minimum absolute atomic E-state index is 0.129. The number of rotatable bonds is 5. The first-order valence-electron chi connectivity index (χ1n) is 10.5. The summed E-state index contributed by atoms with van der Waals surface area (Å²) in [6.45, 7) is 1.04. The molecule has 0 saturated carbocycles. The maximum Gasteiger partial charge on any atom is 0.256 e. The number of halogens is 2. The number of nitrogens with one attached hydrogen (secondary N) is 1. The minimum atomic E-state index is -0.770. The van der Waals surface area contributed by atoms with Crippen LogP contribution >= 0.6 is 12.2 Å². The van der Waals surface area contributed by atoms with Crippen LogP contribution in [0, 0.1) is 11.6 Å². The van der Waals surface area contributed by atoms with E-state index in [-0.39, 0.29) is 66.3 Å². The monoisotopic (exact) mass is 504 g/mol.